The SMILES string of the molecule is N/C(=N\O)c1cc(-c2ccccc2)nc(Cl)c1/C(N)=N\O. The van der Waals surface area contributed by atoms with Crippen molar-refractivity contribution in [2.75, 3.05) is 0 Å². The summed E-state index contributed by atoms with van der Waals surface area (Å²) < 4.78 is 0. The predicted molar refractivity (Wildman–Crippen MR) is 79.7 cm³/mol. The third kappa shape index (κ3) is 2.87. The Morgan fingerprint density at radius 1 is 1.05 bits per heavy atom. The number of benzene rings is 1. The van der Waals surface area contributed by atoms with Gasteiger partial charge in [0, 0.05) is 11.1 Å². The summed E-state index contributed by atoms with van der Waals surface area (Å²) >= 11 is 6.08. The highest BCUT2D eigenvalue weighted by Crippen LogP contribution is 2.25. The van der Waals surface area contributed by atoms with Gasteiger partial charge in [-0.05, 0) is 6.07 Å². The average molecular weight is 306 g/mol. The van der Waals surface area contributed by atoms with Crippen LogP contribution in [0, 0.1) is 0 Å². The quantitative estimate of drug-likeness (QED) is 0.225. The van der Waals surface area contributed by atoms with Gasteiger partial charge in [0.05, 0.1) is 11.3 Å². The fraction of sp³-hybridized carbons (Fsp3) is 0. The highest BCUT2D eigenvalue weighted by Gasteiger charge is 2.18. The van der Waals surface area contributed by atoms with E-state index in [2.05, 4.69) is 15.3 Å². The van der Waals surface area contributed by atoms with Gasteiger partial charge in [0.2, 0.25) is 0 Å². The topological polar surface area (TPSA) is 130 Å². The standard InChI is InChI=1S/C13H12ClN5O2/c14-11-10(13(16)19-21)8(12(15)18-20)6-9(17-11)7-4-2-1-3-5-7/h1-6,20-21H,(H2,15,18)(H2,16,19). The first-order valence-electron chi connectivity index (χ1n) is 5.80. The summed E-state index contributed by atoms with van der Waals surface area (Å²) in [7, 11) is 0. The fourth-order valence-electron chi connectivity index (χ4n) is 1.82. The van der Waals surface area contributed by atoms with Crippen molar-refractivity contribution in [3.05, 3.63) is 52.7 Å². The van der Waals surface area contributed by atoms with Crippen LogP contribution in [0.15, 0.2) is 46.7 Å². The van der Waals surface area contributed by atoms with E-state index >= 15 is 0 Å². The van der Waals surface area contributed by atoms with Crippen LogP contribution in [0.1, 0.15) is 11.1 Å². The van der Waals surface area contributed by atoms with Gasteiger partial charge in [-0.25, -0.2) is 4.98 Å². The number of nitrogens with zero attached hydrogens (tertiary/aromatic N) is 3. The molecule has 0 aliphatic heterocycles. The Hall–Kier alpha value is -2.80. The van der Waals surface area contributed by atoms with E-state index in [9.17, 15) is 0 Å². The number of oxime groups is 2. The third-order valence-electron chi connectivity index (χ3n) is 2.79. The van der Waals surface area contributed by atoms with Gasteiger partial charge in [-0.15, -0.1) is 0 Å². The van der Waals surface area contributed by atoms with Crippen LogP contribution in [0.5, 0.6) is 0 Å². The molecular weight excluding hydrogens is 294 g/mol. The maximum absolute atomic E-state index is 8.88. The van der Waals surface area contributed by atoms with E-state index in [0.717, 1.165) is 5.56 Å². The maximum atomic E-state index is 8.88. The molecule has 0 aliphatic carbocycles. The molecule has 7 nitrogen and oxygen atoms in total. The second kappa shape index (κ2) is 6.10. The largest absolute Gasteiger partial charge is 0.409 e. The highest BCUT2D eigenvalue weighted by molar-refractivity contribution is 6.34. The molecule has 0 unspecified atom stereocenters. The van der Waals surface area contributed by atoms with Crippen LogP contribution in [0.2, 0.25) is 5.15 Å². The first-order valence-corrected chi connectivity index (χ1v) is 6.18. The lowest BCUT2D eigenvalue weighted by molar-refractivity contribution is 0.317. The van der Waals surface area contributed by atoms with Gasteiger partial charge in [-0.3, -0.25) is 0 Å². The van der Waals surface area contributed by atoms with E-state index in [0.29, 0.717) is 5.69 Å². The number of nitrogens with two attached hydrogens (primary N) is 2. The van der Waals surface area contributed by atoms with Crippen molar-refractivity contribution in [2.24, 2.45) is 21.8 Å². The number of hydrogen-bond donors (Lipinski definition) is 4. The molecule has 0 aliphatic rings. The summed E-state index contributed by atoms with van der Waals surface area (Å²) in [6, 6.07) is 10.7. The summed E-state index contributed by atoms with van der Waals surface area (Å²) in [4.78, 5) is 4.19. The number of hydrogen-bond acceptors (Lipinski definition) is 5. The van der Waals surface area contributed by atoms with E-state index in [1.165, 1.54) is 0 Å². The van der Waals surface area contributed by atoms with Gasteiger partial charge in [-0.1, -0.05) is 52.2 Å². The van der Waals surface area contributed by atoms with Crippen molar-refractivity contribution in [2.45, 2.75) is 0 Å². The molecule has 1 aromatic heterocycles. The molecule has 0 fully saturated rings. The minimum atomic E-state index is -0.284. The normalized spacial score (nSPS) is 12.4. The number of pyridine rings is 1. The number of aromatic nitrogens is 1. The van der Waals surface area contributed by atoms with Crippen molar-refractivity contribution < 1.29 is 10.4 Å². The fourth-order valence-corrected chi connectivity index (χ4v) is 2.11. The molecule has 21 heavy (non-hydrogen) atoms. The van der Waals surface area contributed by atoms with Gasteiger partial charge in [0.25, 0.3) is 0 Å². The van der Waals surface area contributed by atoms with Crippen LogP contribution < -0.4 is 11.5 Å². The zero-order chi connectivity index (χ0) is 15.4. The van der Waals surface area contributed by atoms with Gasteiger partial charge in [0.1, 0.15) is 5.15 Å². The summed E-state index contributed by atoms with van der Waals surface area (Å²) in [6.45, 7) is 0. The Labute approximate surface area is 125 Å². The number of halogens is 1. The lowest BCUT2D eigenvalue weighted by atomic mass is 10.0. The minimum absolute atomic E-state index is 0.0201. The molecule has 1 aromatic carbocycles. The maximum Gasteiger partial charge on any atom is 0.173 e. The summed E-state index contributed by atoms with van der Waals surface area (Å²) in [6.07, 6.45) is 0. The molecule has 2 rings (SSSR count). The Bertz CT molecular complexity index is 716. The van der Waals surface area contributed by atoms with E-state index in [-0.39, 0.29) is 28.0 Å². The second-order valence-electron chi connectivity index (χ2n) is 4.06. The molecule has 1 heterocycles. The van der Waals surface area contributed by atoms with Crippen molar-refractivity contribution in [3.8, 4) is 11.3 Å². The van der Waals surface area contributed by atoms with Crippen LogP contribution >= 0.6 is 11.6 Å². The molecule has 0 saturated heterocycles. The van der Waals surface area contributed by atoms with Crippen molar-refractivity contribution in [3.63, 3.8) is 0 Å². The summed E-state index contributed by atoms with van der Waals surface area (Å²) in [5, 5.41) is 23.5. The number of rotatable bonds is 3. The minimum Gasteiger partial charge on any atom is -0.409 e. The van der Waals surface area contributed by atoms with Crippen LogP contribution in [0.3, 0.4) is 0 Å². The van der Waals surface area contributed by atoms with Crippen LogP contribution in [0.4, 0.5) is 0 Å². The molecule has 108 valence electrons. The van der Waals surface area contributed by atoms with Crippen LogP contribution in [-0.2, 0) is 0 Å². The Balaban J connectivity index is 2.72. The lowest BCUT2D eigenvalue weighted by Gasteiger charge is -2.11. The first kappa shape index (κ1) is 14.6. The van der Waals surface area contributed by atoms with Gasteiger partial charge < -0.3 is 21.9 Å². The van der Waals surface area contributed by atoms with Crippen LogP contribution in [0.25, 0.3) is 11.3 Å². The zero-order valence-electron chi connectivity index (χ0n) is 10.7. The Morgan fingerprint density at radius 3 is 2.24 bits per heavy atom. The zero-order valence-corrected chi connectivity index (χ0v) is 11.5. The molecule has 0 radical (unpaired) electrons. The first-order chi connectivity index (χ1) is 10.1. The van der Waals surface area contributed by atoms with Crippen molar-refractivity contribution >= 4 is 23.3 Å². The molecular formula is C13H12ClN5O2. The molecule has 6 N–H and O–H groups in total. The number of amidine groups is 2. The smallest absolute Gasteiger partial charge is 0.173 e. The molecule has 0 saturated carbocycles. The van der Waals surface area contributed by atoms with E-state index in [1.54, 1.807) is 6.07 Å². The van der Waals surface area contributed by atoms with E-state index in [4.69, 9.17) is 33.5 Å². The van der Waals surface area contributed by atoms with Crippen molar-refractivity contribution in [1.82, 2.24) is 4.98 Å². The molecule has 0 spiro atoms. The predicted octanol–water partition coefficient (Wildman–Crippen LogP) is 1.59. The molecule has 0 bridgehead atoms. The second-order valence-corrected chi connectivity index (χ2v) is 4.42. The van der Waals surface area contributed by atoms with Gasteiger partial charge >= 0.3 is 0 Å². The molecule has 0 amide bonds. The molecule has 2 aromatic rings. The van der Waals surface area contributed by atoms with Crippen LogP contribution in [-0.4, -0.2) is 27.1 Å². The van der Waals surface area contributed by atoms with Crippen molar-refractivity contribution in [1.29, 1.82) is 0 Å². The van der Waals surface area contributed by atoms with E-state index < -0.39 is 0 Å². The Morgan fingerprint density at radius 2 is 1.67 bits per heavy atom. The van der Waals surface area contributed by atoms with Gasteiger partial charge in [0.15, 0.2) is 11.7 Å². The van der Waals surface area contributed by atoms with Gasteiger partial charge in [-0.2, -0.15) is 0 Å². The monoisotopic (exact) mass is 305 g/mol. The average Bonchev–Trinajstić information content (AvgIpc) is 2.53. The summed E-state index contributed by atoms with van der Waals surface area (Å²) in [5.74, 6) is -0.508. The molecule has 8 heteroatoms. The lowest BCUT2D eigenvalue weighted by Crippen LogP contribution is -2.23. The van der Waals surface area contributed by atoms with E-state index in [1.807, 2.05) is 30.3 Å². The molecule has 0 atom stereocenters. The third-order valence-corrected chi connectivity index (χ3v) is 3.07. The highest BCUT2D eigenvalue weighted by atomic mass is 35.5. The Kier molecular flexibility index (Phi) is 4.24. The summed E-state index contributed by atoms with van der Waals surface area (Å²) in [5.41, 5.74) is 12.8.